The Hall–Kier alpha value is -2.56. The Balaban J connectivity index is 0.000000419. The maximum absolute atomic E-state index is 3.44. The molecule has 266 valence electrons. The fraction of sp³-hybridized carbons (Fsp3) is 0.628. The summed E-state index contributed by atoms with van der Waals surface area (Å²) >= 11 is 0. The van der Waals surface area contributed by atoms with Crippen LogP contribution in [0.4, 0.5) is 0 Å². The van der Waals surface area contributed by atoms with Crippen LogP contribution in [0, 0.1) is 41.5 Å². The van der Waals surface area contributed by atoms with E-state index in [0.29, 0.717) is 0 Å². The highest BCUT2D eigenvalue weighted by molar-refractivity contribution is 5.89. The summed E-state index contributed by atoms with van der Waals surface area (Å²) in [6.45, 7) is 31.0. The molecule has 2 aromatic carbocycles. The normalized spacial score (nSPS) is 18.4. The van der Waals surface area contributed by atoms with E-state index in [4.69, 9.17) is 0 Å². The Morgan fingerprint density at radius 2 is 0.936 bits per heavy atom. The van der Waals surface area contributed by atoms with Crippen LogP contribution in [0.5, 0.6) is 0 Å². The molecule has 4 nitrogen and oxygen atoms in total. The van der Waals surface area contributed by atoms with Gasteiger partial charge in [-0.2, -0.15) is 0 Å². The van der Waals surface area contributed by atoms with Crippen molar-refractivity contribution < 1.29 is 1.43 Å². The van der Waals surface area contributed by atoms with Crippen molar-refractivity contribution in [1.82, 2.24) is 19.8 Å². The molecule has 2 atom stereocenters. The number of hydrogen-bond acceptors (Lipinski definition) is 2. The van der Waals surface area contributed by atoms with Crippen LogP contribution < -0.4 is 0 Å². The molecule has 2 unspecified atom stereocenters. The second-order valence-corrected chi connectivity index (χ2v) is 13.3. The highest BCUT2D eigenvalue weighted by Gasteiger charge is 2.24. The summed E-state index contributed by atoms with van der Waals surface area (Å²) in [6, 6.07) is 6.06. The Labute approximate surface area is 291 Å². The van der Waals surface area contributed by atoms with E-state index in [-0.39, 0.29) is 8.85 Å². The molecule has 4 heteroatoms. The van der Waals surface area contributed by atoms with Gasteiger partial charge in [-0.15, -0.1) is 0 Å². The summed E-state index contributed by atoms with van der Waals surface area (Å²) in [5.41, 5.74) is 14.4. The first-order chi connectivity index (χ1) is 22.3. The van der Waals surface area contributed by atoms with E-state index in [1.807, 2.05) is 27.7 Å². The number of hydrogen-bond donors (Lipinski definition) is 2. The molecule has 2 aliphatic heterocycles. The van der Waals surface area contributed by atoms with E-state index in [9.17, 15) is 0 Å². The second-order valence-electron chi connectivity index (χ2n) is 13.3. The van der Waals surface area contributed by atoms with Crippen molar-refractivity contribution in [3.63, 3.8) is 0 Å². The summed E-state index contributed by atoms with van der Waals surface area (Å²) in [6.07, 6.45) is 15.0. The van der Waals surface area contributed by atoms with Gasteiger partial charge in [0.15, 0.2) is 0 Å². The van der Waals surface area contributed by atoms with Gasteiger partial charge in [-0.3, -0.25) is 9.80 Å². The van der Waals surface area contributed by atoms with Crippen LogP contribution in [0.2, 0.25) is 0 Å². The number of nitrogens with zero attached hydrogens (tertiary/aromatic N) is 2. The van der Waals surface area contributed by atoms with Gasteiger partial charge in [-0.1, -0.05) is 61.8 Å². The van der Waals surface area contributed by atoms with Crippen LogP contribution in [-0.4, -0.2) is 44.9 Å². The zero-order valence-corrected chi connectivity index (χ0v) is 31.8. The molecule has 4 heterocycles. The number of H-pyrrole nitrogens is 2. The van der Waals surface area contributed by atoms with E-state index < -0.39 is 0 Å². The van der Waals surface area contributed by atoms with Crippen molar-refractivity contribution in [2.24, 2.45) is 0 Å². The highest BCUT2D eigenvalue weighted by atomic mass is 15.2. The number of piperidine rings is 2. The van der Waals surface area contributed by atoms with Crippen molar-refractivity contribution in [3.8, 4) is 0 Å². The van der Waals surface area contributed by atoms with Crippen LogP contribution in [0.3, 0.4) is 0 Å². The lowest BCUT2D eigenvalue weighted by atomic mass is 9.92. The zero-order chi connectivity index (χ0) is 34.0. The molecule has 0 bridgehead atoms. The van der Waals surface area contributed by atoms with Gasteiger partial charge in [0.25, 0.3) is 0 Å². The minimum atomic E-state index is 0. The molecule has 0 amide bonds. The third-order valence-corrected chi connectivity index (χ3v) is 11.2. The lowest BCUT2D eigenvalue weighted by Crippen LogP contribution is -2.38. The first kappa shape index (κ1) is 40.6. The molecule has 2 N–H and O–H groups in total. The van der Waals surface area contributed by atoms with E-state index in [2.05, 4.69) is 99.7 Å². The van der Waals surface area contributed by atoms with Crippen LogP contribution >= 0.6 is 0 Å². The average molecular weight is 647 g/mol. The first-order valence-electron chi connectivity index (χ1n) is 18.9. The van der Waals surface area contributed by atoms with Gasteiger partial charge in [0.2, 0.25) is 0 Å². The van der Waals surface area contributed by atoms with Crippen LogP contribution in [0.1, 0.15) is 146 Å². The van der Waals surface area contributed by atoms with Crippen molar-refractivity contribution in [2.45, 2.75) is 167 Å². The van der Waals surface area contributed by atoms with Crippen molar-refractivity contribution in [1.29, 1.82) is 0 Å². The molecule has 4 aromatic rings. The molecule has 2 aliphatic rings. The number of aromatic nitrogens is 2. The number of nitrogens with one attached hydrogen (secondary N) is 2. The lowest BCUT2D eigenvalue weighted by Gasteiger charge is -2.36. The van der Waals surface area contributed by atoms with Gasteiger partial charge >= 0.3 is 0 Å². The van der Waals surface area contributed by atoms with Crippen molar-refractivity contribution in [3.05, 3.63) is 69.0 Å². The monoisotopic (exact) mass is 647 g/mol. The van der Waals surface area contributed by atoms with Gasteiger partial charge in [-0.05, 0) is 150 Å². The molecular formula is C43H73N4-. The van der Waals surface area contributed by atoms with E-state index in [0.717, 1.165) is 25.2 Å². The predicted octanol–water partition coefficient (Wildman–Crippen LogP) is 12.5. The van der Waals surface area contributed by atoms with Gasteiger partial charge in [0, 0.05) is 59.4 Å². The molecule has 0 radical (unpaired) electrons. The van der Waals surface area contributed by atoms with E-state index in [1.54, 1.807) is 0 Å². The van der Waals surface area contributed by atoms with Gasteiger partial charge in [-0.25, -0.2) is 0 Å². The number of benzene rings is 2. The Bertz CT molecular complexity index is 1400. The highest BCUT2D eigenvalue weighted by Crippen LogP contribution is 2.33. The van der Waals surface area contributed by atoms with E-state index >= 15 is 0 Å². The number of fused-ring (bicyclic) bond motifs is 2. The summed E-state index contributed by atoms with van der Waals surface area (Å²) in [7, 11) is 0. The first-order valence-corrected chi connectivity index (χ1v) is 18.9. The zero-order valence-electron chi connectivity index (χ0n) is 32.8. The average Bonchev–Trinajstić information content (AvgIpc) is 3.80. The fourth-order valence-corrected chi connectivity index (χ4v) is 7.93. The molecule has 0 saturated carbocycles. The third-order valence-electron chi connectivity index (χ3n) is 11.2. The molecule has 0 spiro atoms. The summed E-state index contributed by atoms with van der Waals surface area (Å²) in [5, 5.41) is 2.85. The van der Waals surface area contributed by atoms with Gasteiger partial charge in [0.1, 0.15) is 0 Å². The summed E-state index contributed by atoms with van der Waals surface area (Å²) < 4.78 is 0. The fourth-order valence-electron chi connectivity index (χ4n) is 7.93. The minimum Gasteiger partial charge on any atom is -1.00 e. The Morgan fingerprint density at radius 1 is 0.574 bits per heavy atom. The van der Waals surface area contributed by atoms with Crippen molar-refractivity contribution >= 4 is 21.8 Å². The van der Waals surface area contributed by atoms with Gasteiger partial charge in [0.05, 0.1) is 0 Å². The SMILES string of the molecule is C.CC.CC.CCC1CCCCN1Cc1c(C)c(C)c(C)c2[nH]ccc12.CCC1CCCCN1Cc1c(C)c(C)c(C)c2[nH]ccc12.[2H-]. The van der Waals surface area contributed by atoms with Crippen LogP contribution in [0.25, 0.3) is 21.8 Å². The standard InChI is InChI=1S/2C19H28N2.2C2H6.CH4.H/c2*1-5-16-8-6-7-11-21(16)12-18-14(3)13(2)15(4)19-17(18)9-10-20-19;2*1-2;;/h2*9-10,16,20H,5-8,11-12H2,1-4H3;2*1-2H3;1H4;/q;;;;;-1/i;;;;;1+1. The predicted molar refractivity (Wildman–Crippen MR) is 212 cm³/mol. The maximum Gasteiger partial charge on any atom is 0.0489 e. The molecule has 6 rings (SSSR count). The minimum absolute atomic E-state index is 0. The number of aromatic amines is 2. The second kappa shape index (κ2) is 19.4. The molecule has 47 heavy (non-hydrogen) atoms. The maximum atomic E-state index is 3.44. The summed E-state index contributed by atoms with van der Waals surface area (Å²) in [4.78, 5) is 12.3. The van der Waals surface area contributed by atoms with E-state index in [1.165, 1.54) is 131 Å². The Morgan fingerprint density at radius 3 is 1.28 bits per heavy atom. The molecular weight excluding hydrogens is 573 g/mol. The topological polar surface area (TPSA) is 38.1 Å². The molecule has 0 aliphatic carbocycles. The quantitative estimate of drug-likeness (QED) is 0.219. The van der Waals surface area contributed by atoms with Crippen LogP contribution in [-0.2, 0) is 13.1 Å². The third kappa shape index (κ3) is 8.92. The number of aryl methyl sites for hydroxylation is 2. The van der Waals surface area contributed by atoms with Crippen LogP contribution in [0.15, 0.2) is 24.5 Å². The largest absolute Gasteiger partial charge is 1.00 e. The smallest absolute Gasteiger partial charge is 0.0489 e. The Kier molecular flexibility index (Phi) is 16.8. The van der Waals surface area contributed by atoms with Gasteiger partial charge < -0.3 is 11.4 Å². The molecule has 2 fully saturated rings. The molecule has 2 saturated heterocycles. The summed E-state index contributed by atoms with van der Waals surface area (Å²) in [5.74, 6) is 0. The number of rotatable bonds is 6. The number of likely N-dealkylation sites (tertiary alicyclic amines) is 2. The molecule has 2 aromatic heterocycles. The lowest BCUT2D eigenvalue weighted by molar-refractivity contribution is 0.136. The van der Waals surface area contributed by atoms with Crippen molar-refractivity contribution in [2.75, 3.05) is 13.1 Å².